The lowest BCUT2D eigenvalue weighted by atomic mass is 10.2. The fraction of sp³-hybridized carbons (Fsp3) is 0.263. The van der Waals surface area contributed by atoms with Crippen LogP contribution < -0.4 is 25.4 Å². The van der Waals surface area contributed by atoms with Crippen molar-refractivity contribution < 1.29 is 14.3 Å². The van der Waals surface area contributed by atoms with Gasteiger partial charge in [0, 0.05) is 36.7 Å². The molecule has 1 aliphatic rings. The SMILES string of the molecule is CN=C(NCCNC(=O)c1cccc(Br)c1)NCc1ccc2c(c1)OCO2. The predicted molar refractivity (Wildman–Crippen MR) is 107 cm³/mol. The van der Waals surface area contributed by atoms with Crippen LogP contribution in [0.2, 0.25) is 0 Å². The van der Waals surface area contributed by atoms with E-state index in [4.69, 9.17) is 9.47 Å². The number of nitrogens with one attached hydrogen (secondary N) is 3. The first kappa shape index (κ1) is 19.0. The fourth-order valence-corrected chi connectivity index (χ4v) is 2.95. The second-order valence-electron chi connectivity index (χ2n) is 5.81. The molecule has 1 amide bonds. The molecule has 0 bridgehead atoms. The molecular formula is C19H21BrN4O3. The fourth-order valence-electron chi connectivity index (χ4n) is 2.55. The summed E-state index contributed by atoms with van der Waals surface area (Å²) in [7, 11) is 1.70. The van der Waals surface area contributed by atoms with E-state index in [2.05, 4.69) is 36.9 Å². The number of carbonyl (C=O) groups is 1. The number of halogens is 1. The lowest BCUT2D eigenvalue weighted by Crippen LogP contribution is -2.41. The van der Waals surface area contributed by atoms with Gasteiger partial charge in [-0.1, -0.05) is 28.1 Å². The zero-order valence-corrected chi connectivity index (χ0v) is 16.5. The molecule has 0 spiro atoms. The van der Waals surface area contributed by atoms with Crippen molar-refractivity contribution in [3.8, 4) is 11.5 Å². The summed E-state index contributed by atoms with van der Waals surface area (Å²) in [6, 6.07) is 13.1. The van der Waals surface area contributed by atoms with Crippen LogP contribution in [0.25, 0.3) is 0 Å². The number of carbonyl (C=O) groups excluding carboxylic acids is 1. The number of aliphatic imine (C=N–C) groups is 1. The smallest absolute Gasteiger partial charge is 0.251 e. The lowest BCUT2D eigenvalue weighted by molar-refractivity contribution is 0.0954. The van der Waals surface area contributed by atoms with E-state index >= 15 is 0 Å². The Hall–Kier alpha value is -2.74. The van der Waals surface area contributed by atoms with E-state index in [1.807, 2.05) is 30.3 Å². The number of amides is 1. The summed E-state index contributed by atoms with van der Waals surface area (Å²) in [5.41, 5.74) is 1.68. The quantitative estimate of drug-likeness (QED) is 0.370. The Morgan fingerprint density at radius 1 is 1.07 bits per heavy atom. The Bertz CT molecular complexity index is 841. The molecule has 0 aliphatic carbocycles. The highest BCUT2D eigenvalue weighted by Gasteiger charge is 2.13. The van der Waals surface area contributed by atoms with Crippen molar-refractivity contribution >= 4 is 27.8 Å². The highest BCUT2D eigenvalue weighted by molar-refractivity contribution is 9.10. The molecule has 0 fully saturated rings. The molecular weight excluding hydrogens is 412 g/mol. The molecule has 0 aromatic heterocycles. The van der Waals surface area contributed by atoms with E-state index in [9.17, 15) is 4.79 Å². The predicted octanol–water partition coefficient (Wildman–Crippen LogP) is 2.27. The highest BCUT2D eigenvalue weighted by atomic mass is 79.9. The Labute approximate surface area is 166 Å². The van der Waals surface area contributed by atoms with Gasteiger partial charge in [-0.2, -0.15) is 0 Å². The van der Waals surface area contributed by atoms with Gasteiger partial charge in [0.05, 0.1) is 0 Å². The maximum Gasteiger partial charge on any atom is 0.251 e. The van der Waals surface area contributed by atoms with Crippen LogP contribution in [0.15, 0.2) is 51.9 Å². The molecule has 0 saturated heterocycles. The largest absolute Gasteiger partial charge is 0.454 e. The molecule has 0 unspecified atom stereocenters. The first-order chi connectivity index (χ1) is 13.2. The number of benzene rings is 2. The highest BCUT2D eigenvalue weighted by Crippen LogP contribution is 2.32. The molecule has 142 valence electrons. The number of hydrogen-bond acceptors (Lipinski definition) is 4. The summed E-state index contributed by atoms with van der Waals surface area (Å²) in [6.07, 6.45) is 0. The van der Waals surface area contributed by atoms with Crippen LogP contribution in [0.1, 0.15) is 15.9 Å². The van der Waals surface area contributed by atoms with Gasteiger partial charge < -0.3 is 25.4 Å². The van der Waals surface area contributed by atoms with Crippen molar-refractivity contribution in [2.75, 3.05) is 26.9 Å². The molecule has 0 radical (unpaired) electrons. The molecule has 2 aromatic rings. The maximum absolute atomic E-state index is 12.1. The standard InChI is InChI=1S/C19H21BrN4O3/c1-21-19(24-11-13-5-6-16-17(9-13)27-12-26-16)23-8-7-22-18(25)14-3-2-4-15(20)10-14/h2-6,9-10H,7-8,11-12H2,1H3,(H,22,25)(H2,21,23,24). The number of hydrogen-bond donors (Lipinski definition) is 3. The van der Waals surface area contributed by atoms with Gasteiger partial charge >= 0.3 is 0 Å². The molecule has 3 N–H and O–H groups in total. The molecule has 7 nitrogen and oxygen atoms in total. The van der Waals surface area contributed by atoms with E-state index < -0.39 is 0 Å². The Morgan fingerprint density at radius 3 is 2.70 bits per heavy atom. The van der Waals surface area contributed by atoms with Gasteiger partial charge in [0.25, 0.3) is 5.91 Å². The number of ether oxygens (including phenoxy) is 2. The van der Waals surface area contributed by atoms with Gasteiger partial charge in [-0.25, -0.2) is 0 Å². The summed E-state index contributed by atoms with van der Waals surface area (Å²) in [4.78, 5) is 16.3. The van der Waals surface area contributed by atoms with Crippen molar-refractivity contribution in [3.05, 3.63) is 58.1 Å². The van der Waals surface area contributed by atoms with Gasteiger partial charge in [-0.05, 0) is 35.9 Å². The third-order valence-electron chi connectivity index (χ3n) is 3.91. The van der Waals surface area contributed by atoms with E-state index in [1.54, 1.807) is 19.2 Å². The van der Waals surface area contributed by atoms with Crippen molar-refractivity contribution in [2.24, 2.45) is 4.99 Å². The summed E-state index contributed by atoms with van der Waals surface area (Å²) in [6.45, 7) is 1.90. The van der Waals surface area contributed by atoms with Crippen LogP contribution in [0, 0.1) is 0 Å². The number of fused-ring (bicyclic) bond motifs is 1. The monoisotopic (exact) mass is 432 g/mol. The third kappa shape index (κ3) is 5.37. The van der Waals surface area contributed by atoms with Crippen LogP contribution in [0.3, 0.4) is 0 Å². The molecule has 2 aromatic carbocycles. The van der Waals surface area contributed by atoms with Crippen molar-refractivity contribution in [2.45, 2.75) is 6.54 Å². The molecule has 8 heteroatoms. The average molecular weight is 433 g/mol. The normalized spacial score (nSPS) is 12.6. The van der Waals surface area contributed by atoms with Gasteiger partial charge in [-0.3, -0.25) is 9.79 Å². The maximum atomic E-state index is 12.1. The summed E-state index contributed by atoms with van der Waals surface area (Å²) < 4.78 is 11.6. The van der Waals surface area contributed by atoms with Gasteiger partial charge in [0.15, 0.2) is 17.5 Å². The summed E-state index contributed by atoms with van der Waals surface area (Å²) >= 11 is 3.36. The van der Waals surface area contributed by atoms with Crippen LogP contribution in [-0.2, 0) is 6.54 Å². The van der Waals surface area contributed by atoms with Gasteiger partial charge in [0.2, 0.25) is 6.79 Å². The van der Waals surface area contributed by atoms with Crippen LogP contribution >= 0.6 is 15.9 Å². The second kappa shape index (κ2) is 9.27. The van der Waals surface area contributed by atoms with E-state index in [0.29, 0.717) is 31.2 Å². The zero-order valence-electron chi connectivity index (χ0n) is 14.9. The van der Waals surface area contributed by atoms with Crippen LogP contribution in [-0.4, -0.2) is 38.8 Å². The topological polar surface area (TPSA) is 84.0 Å². The zero-order chi connectivity index (χ0) is 19.1. The molecule has 3 rings (SSSR count). The van der Waals surface area contributed by atoms with Crippen molar-refractivity contribution in [1.29, 1.82) is 0 Å². The lowest BCUT2D eigenvalue weighted by Gasteiger charge is -2.13. The summed E-state index contributed by atoms with van der Waals surface area (Å²) in [5.74, 6) is 2.07. The second-order valence-corrected chi connectivity index (χ2v) is 6.72. The van der Waals surface area contributed by atoms with E-state index in [-0.39, 0.29) is 12.7 Å². The van der Waals surface area contributed by atoms with Crippen molar-refractivity contribution in [3.63, 3.8) is 0 Å². The van der Waals surface area contributed by atoms with Gasteiger partial charge in [-0.15, -0.1) is 0 Å². The number of guanidine groups is 1. The minimum absolute atomic E-state index is 0.110. The van der Waals surface area contributed by atoms with Gasteiger partial charge in [0.1, 0.15) is 0 Å². The Morgan fingerprint density at radius 2 is 1.89 bits per heavy atom. The average Bonchev–Trinajstić information content (AvgIpc) is 3.15. The molecule has 0 atom stereocenters. The third-order valence-corrected chi connectivity index (χ3v) is 4.40. The Kier molecular flexibility index (Phi) is 6.54. The molecule has 0 saturated carbocycles. The van der Waals surface area contributed by atoms with Crippen LogP contribution in [0.5, 0.6) is 11.5 Å². The van der Waals surface area contributed by atoms with Crippen molar-refractivity contribution in [1.82, 2.24) is 16.0 Å². The minimum atomic E-state index is -0.110. The number of rotatable bonds is 6. The van der Waals surface area contributed by atoms with E-state index in [1.165, 1.54) is 0 Å². The first-order valence-corrected chi connectivity index (χ1v) is 9.32. The first-order valence-electron chi connectivity index (χ1n) is 8.52. The van der Waals surface area contributed by atoms with Crippen LogP contribution in [0.4, 0.5) is 0 Å². The molecule has 27 heavy (non-hydrogen) atoms. The Balaban J connectivity index is 1.40. The number of nitrogens with zero attached hydrogens (tertiary/aromatic N) is 1. The molecule has 1 heterocycles. The summed E-state index contributed by atoms with van der Waals surface area (Å²) in [5, 5.41) is 9.27. The van der Waals surface area contributed by atoms with E-state index in [0.717, 1.165) is 21.5 Å². The minimum Gasteiger partial charge on any atom is -0.454 e. The molecule has 1 aliphatic heterocycles.